The Morgan fingerprint density at radius 2 is 2.22 bits per heavy atom. The number of methoxy groups -OCH3 is 1. The maximum absolute atomic E-state index is 12.8. The van der Waals surface area contributed by atoms with E-state index in [0.29, 0.717) is 29.2 Å². The van der Waals surface area contributed by atoms with Gasteiger partial charge in [-0.1, -0.05) is 0 Å². The zero-order chi connectivity index (χ0) is 18.8. The second-order valence-corrected chi connectivity index (χ2v) is 6.99. The first-order chi connectivity index (χ1) is 13.1. The first kappa shape index (κ1) is 17.5. The van der Waals surface area contributed by atoms with Crippen molar-refractivity contribution < 1.29 is 14.6 Å². The molecule has 1 amide bonds. The van der Waals surface area contributed by atoms with Gasteiger partial charge in [-0.25, -0.2) is 4.98 Å². The summed E-state index contributed by atoms with van der Waals surface area (Å²) in [6.07, 6.45) is 7.90. The SMILES string of the molecule is COc1ccc2c(C(=O)N[C@@H]3CC(Cn4ccnc4)C[C@H]3O)ccnc2c1. The van der Waals surface area contributed by atoms with Crippen LogP contribution in [0.3, 0.4) is 0 Å². The van der Waals surface area contributed by atoms with Crippen molar-refractivity contribution in [3.8, 4) is 5.75 Å². The van der Waals surface area contributed by atoms with Crippen molar-refractivity contribution in [2.24, 2.45) is 5.92 Å². The number of ether oxygens (including phenoxy) is 1. The standard InChI is InChI=1S/C20H22N4O3/c1-27-14-2-3-15-16(4-5-22-17(15)10-14)20(26)23-18-8-13(9-19(18)25)11-24-7-6-21-12-24/h2-7,10,12-13,18-19,25H,8-9,11H2,1H3,(H,23,26)/t13?,18-,19-/m1/s1. The van der Waals surface area contributed by atoms with Crippen LogP contribution in [0.5, 0.6) is 5.75 Å². The number of imidazole rings is 1. The second-order valence-electron chi connectivity index (χ2n) is 6.99. The molecule has 3 aromatic rings. The quantitative estimate of drug-likeness (QED) is 0.721. The van der Waals surface area contributed by atoms with Gasteiger partial charge >= 0.3 is 0 Å². The molecule has 140 valence electrons. The van der Waals surface area contributed by atoms with Gasteiger partial charge in [0.25, 0.3) is 5.91 Å². The summed E-state index contributed by atoms with van der Waals surface area (Å²) >= 11 is 0. The predicted molar refractivity (Wildman–Crippen MR) is 101 cm³/mol. The minimum Gasteiger partial charge on any atom is -0.497 e. The number of rotatable bonds is 5. The van der Waals surface area contributed by atoms with Crippen LogP contribution in [0.2, 0.25) is 0 Å². The lowest BCUT2D eigenvalue weighted by Crippen LogP contribution is -2.40. The summed E-state index contributed by atoms with van der Waals surface area (Å²) in [5.74, 6) is 0.805. The molecule has 4 rings (SSSR count). The number of aliphatic hydroxyl groups excluding tert-OH is 1. The van der Waals surface area contributed by atoms with Gasteiger partial charge in [0.05, 0.1) is 36.7 Å². The average molecular weight is 366 g/mol. The molecule has 0 bridgehead atoms. The first-order valence-corrected chi connectivity index (χ1v) is 9.01. The highest BCUT2D eigenvalue weighted by Crippen LogP contribution is 2.28. The molecular formula is C20H22N4O3. The van der Waals surface area contributed by atoms with Crippen LogP contribution < -0.4 is 10.1 Å². The molecule has 27 heavy (non-hydrogen) atoms. The maximum Gasteiger partial charge on any atom is 0.252 e. The zero-order valence-electron chi connectivity index (χ0n) is 15.1. The minimum absolute atomic E-state index is 0.195. The summed E-state index contributed by atoms with van der Waals surface area (Å²) in [6.45, 7) is 0.793. The van der Waals surface area contributed by atoms with Gasteiger partial charge in [-0.15, -0.1) is 0 Å². The Balaban J connectivity index is 1.48. The molecule has 0 radical (unpaired) electrons. The van der Waals surface area contributed by atoms with E-state index < -0.39 is 6.10 Å². The van der Waals surface area contributed by atoms with Gasteiger partial charge < -0.3 is 19.7 Å². The minimum atomic E-state index is -0.546. The van der Waals surface area contributed by atoms with Gasteiger partial charge in [-0.05, 0) is 37.0 Å². The van der Waals surface area contributed by atoms with E-state index in [0.717, 1.165) is 18.4 Å². The monoisotopic (exact) mass is 366 g/mol. The van der Waals surface area contributed by atoms with Gasteiger partial charge in [0, 0.05) is 36.6 Å². The lowest BCUT2D eigenvalue weighted by atomic mass is 10.1. The lowest BCUT2D eigenvalue weighted by Gasteiger charge is -2.17. The third-order valence-electron chi connectivity index (χ3n) is 5.17. The number of aromatic nitrogens is 3. The van der Waals surface area contributed by atoms with Gasteiger partial charge in [-0.2, -0.15) is 0 Å². The molecule has 1 aromatic carbocycles. The van der Waals surface area contributed by atoms with Crippen LogP contribution in [0.4, 0.5) is 0 Å². The number of carbonyl (C=O) groups excluding carboxylic acids is 1. The van der Waals surface area contributed by atoms with Crippen molar-refractivity contribution >= 4 is 16.8 Å². The Morgan fingerprint density at radius 1 is 1.33 bits per heavy atom. The van der Waals surface area contributed by atoms with Crippen molar-refractivity contribution in [1.29, 1.82) is 0 Å². The topological polar surface area (TPSA) is 89.3 Å². The molecule has 1 aliphatic carbocycles. The highest BCUT2D eigenvalue weighted by molar-refractivity contribution is 6.06. The van der Waals surface area contributed by atoms with E-state index in [1.807, 2.05) is 22.9 Å². The number of fused-ring (bicyclic) bond motifs is 1. The fourth-order valence-corrected chi connectivity index (χ4v) is 3.81. The van der Waals surface area contributed by atoms with E-state index in [1.165, 1.54) is 0 Å². The molecule has 0 aliphatic heterocycles. The number of nitrogens with zero attached hydrogens (tertiary/aromatic N) is 3. The third kappa shape index (κ3) is 3.64. The molecule has 1 saturated carbocycles. The van der Waals surface area contributed by atoms with E-state index in [9.17, 15) is 9.90 Å². The second kappa shape index (κ2) is 7.36. The molecule has 1 aliphatic rings. The number of carbonyl (C=O) groups is 1. The number of aliphatic hydroxyl groups is 1. The number of benzene rings is 1. The highest BCUT2D eigenvalue weighted by atomic mass is 16.5. The fourth-order valence-electron chi connectivity index (χ4n) is 3.81. The fraction of sp³-hybridized carbons (Fsp3) is 0.350. The number of pyridine rings is 1. The number of hydrogen-bond acceptors (Lipinski definition) is 5. The molecule has 2 aromatic heterocycles. The van der Waals surface area contributed by atoms with Crippen LogP contribution in [-0.2, 0) is 6.54 Å². The zero-order valence-corrected chi connectivity index (χ0v) is 15.1. The van der Waals surface area contributed by atoms with Crippen molar-refractivity contribution in [2.75, 3.05) is 7.11 Å². The van der Waals surface area contributed by atoms with Crippen LogP contribution in [0.15, 0.2) is 49.2 Å². The third-order valence-corrected chi connectivity index (χ3v) is 5.17. The van der Waals surface area contributed by atoms with Crippen LogP contribution in [-0.4, -0.2) is 44.8 Å². The maximum atomic E-state index is 12.8. The first-order valence-electron chi connectivity index (χ1n) is 9.01. The van der Waals surface area contributed by atoms with Crippen LogP contribution >= 0.6 is 0 Å². The van der Waals surface area contributed by atoms with E-state index >= 15 is 0 Å². The molecule has 2 heterocycles. The normalized spacial score (nSPS) is 22.1. The molecule has 2 N–H and O–H groups in total. The average Bonchev–Trinajstić information content (AvgIpc) is 3.30. The van der Waals surface area contributed by atoms with Gasteiger partial charge in [0.2, 0.25) is 0 Å². The van der Waals surface area contributed by atoms with E-state index in [1.54, 1.807) is 38.0 Å². The molecule has 0 spiro atoms. The van der Waals surface area contributed by atoms with E-state index in [-0.39, 0.29) is 11.9 Å². The summed E-state index contributed by atoms with van der Waals surface area (Å²) < 4.78 is 7.22. The van der Waals surface area contributed by atoms with Crippen molar-refractivity contribution in [1.82, 2.24) is 19.9 Å². The largest absolute Gasteiger partial charge is 0.497 e. The lowest BCUT2D eigenvalue weighted by molar-refractivity contribution is 0.0874. The Kier molecular flexibility index (Phi) is 4.77. The van der Waals surface area contributed by atoms with Crippen LogP contribution in [0, 0.1) is 5.92 Å². The number of hydrogen-bond donors (Lipinski definition) is 2. The molecule has 1 fully saturated rings. The van der Waals surface area contributed by atoms with E-state index in [4.69, 9.17) is 4.74 Å². The number of nitrogens with one attached hydrogen (secondary N) is 1. The highest BCUT2D eigenvalue weighted by Gasteiger charge is 2.34. The van der Waals surface area contributed by atoms with Crippen molar-refractivity contribution in [3.05, 3.63) is 54.7 Å². The molecule has 0 saturated heterocycles. The molecule has 1 unspecified atom stereocenters. The molecular weight excluding hydrogens is 344 g/mol. The van der Waals surface area contributed by atoms with Crippen LogP contribution in [0.1, 0.15) is 23.2 Å². The Labute approximate surface area is 157 Å². The Morgan fingerprint density at radius 3 is 3.00 bits per heavy atom. The predicted octanol–water partition coefficient (Wildman–Crippen LogP) is 2.01. The van der Waals surface area contributed by atoms with Gasteiger partial charge in [0.15, 0.2) is 0 Å². The summed E-state index contributed by atoms with van der Waals surface area (Å²) in [5, 5.41) is 14.2. The van der Waals surface area contributed by atoms with Gasteiger partial charge in [0.1, 0.15) is 5.75 Å². The summed E-state index contributed by atoms with van der Waals surface area (Å²) in [5.41, 5.74) is 1.25. The Hall–Kier alpha value is -2.93. The number of amides is 1. The smallest absolute Gasteiger partial charge is 0.252 e. The van der Waals surface area contributed by atoms with Crippen molar-refractivity contribution in [2.45, 2.75) is 31.5 Å². The van der Waals surface area contributed by atoms with Gasteiger partial charge in [-0.3, -0.25) is 9.78 Å². The Bertz CT molecular complexity index is 942. The summed E-state index contributed by atoms with van der Waals surface area (Å²) in [4.78, 5) is 21.2. The molecule has 7 heteroatoms. The van der Waals surface area contributed by atoms with E-state index in [2.05, 4.69) is 15.3 Å². The van der Waals surface area contributed by atoms with Crippen molar-refractivity contribution in [3.63, 3.8) is 0 Å². The molecule has 3 atom stereocenters. The summed E-state index contributed by atoms with van der Waals surface area (Å²) in [7, 11) is 1.60. The summed E-state index contributed by atoms with van der Waals surface area (Å²) in [6, 6.07) is 6.90. The molecule has 7 nitrogen and oxygen atoms in total. The van der Waals surface area contributed by atoms with Crippen LogP contribution in [0.25, 0.3) is 10.9 Å².